The van der Waals surface area contributed by atoms with Crippen LogP contribution in [0.15, 0.2) is 18.2 Å². The van der Waals surface area contributed by atoms with Crippen molar-refractivity contribution in [3.8, 4) is 5.75 Å². The van der Waals surface area contributed by atoms with Crippen LogP contribution in [0.3, 0.4) is 0 Å². The molecule has 100 valence electrons. The van der Waals surface area contributed by atoms with Crippen molar-refractivity contribution in [1.82, 2.24) is 0 Å². The van der Waals surface area contributed by atoms with Crippen molar-refractivity contribution in [1.29, 1.82) is 0 Å². The first-order valence-electron chi connectivity index (χ1n) is 7.08. The lowest BCUT2D eigenvalue weighted by molar-refractivity contribution is 0.412. The van der Waals surface area contributed by atoms with Gasteiger partial charge in [0.15, 0.2) is 0 Å². The van der Waals surface area contributed by atoms with Gasteiger partial charge in [0, 0.05) is 5.88 Å². The van der Waals surface area contributed by atoms with E-state index in [-0.39, 0.29) is 0 Å². The zero-order chi connectivity index (χ0) is 12.8. The summed E-state index contributed by atoms with van der Waals surface area (Å²) < 4.78 is 5.31. The van der Waals surface area contributed by atoms with Crippen molar-refractivity contribution in [3.05, 3.63) is 29.3 Å². The monoisotopic (exact) mass is 266 g/mol. The summed E-state index contributed by atoms with van der Waals surface area (Å²) in [4.78, 5) is 0. The number of fused-ring (bicyclic) bond motifs is 1. The number of unbranched alkanes of at least 4 members (excludes halogenated alkanes) is 2. The van der Waals surface area contributed by atoms with E-state index in [1.807, 2.05) is 0 Å². The first-order chi connectivity index (χ1) is 8.85. The van der Waals surface area contributed by atoms with Gasteiger partial charge in [-0.25, -0.2) is 0 Å². The van der Waals surface area contributed by atoms with Gasteiger partial charge in [-0.15, -0.1) is 11.6 Å². The summed E-state index contributed by atoms with van der Waals surface area (Å²) in [7, 11) is 1.74. The average molecular weight is 267 g/mol. The normalized spacial score (nSPS) is 18.4. The number of alkyl halides is 1. The molecule has 0 fully saturated rings. The molecule has 0 heterocycles. The third-order valence-electron chi connectivity index (χ3n) is 3.97. The Kier molecular flexibility index (Phi) is 5.37. The fourth-order valence-corrected chi connectivity index (χ4v) is 3.17. The van der Waals surface area contributed by atoms with Crippen LogP contribution in [-0.4, -0.2) is 13.0 Å². The topological polar surface area (TPSA) is 9.23 Å². The molecule has 2 rings (SSSR count). The summed E-state index contributed by atoms with van der Waals surface area (Å²) in [5.74, 6) is 2.56. The molecule has 0 radical (unpaired) electrons. The van der Waals surface area contributed by atoms with Gasteiger partial charge in [-0.3, -0.25) is 0 Å². The van der Waals surface area contributed by atoms with Crippen molar-refractivity contribution < 1.29 is 4.74 Å². The van der Waals surface area contributed by atoms with Crippen LogP contribution in [-0.2, 0) is 6.42 Å². The number of methoxy groups -OCH3 is 1. The van der Waals surface area contributed by atoms with Crippen LogP contribution in [0.5, 0.6) is 5.75 Å². The molecule has 2 heteroatoms. The lowest BCUT2D eigenvalue weighted by Crippen LogP contribution is -2.10. The number of hydrogen-bond donors (Lipinski definition) is 0. The molecule has 0 spiro atoms. The second-order valence-electron chi connectivity index (χ2n) is 5.19. The Hall–Kier alpha value is -0.690. The highest BCUT2D eigenvalue weighted by molar-refractivity contribution is 6.17. The van der Waals surface area contributed by atoms with Gasteiger partial charge in [0.1, 0.15) is 5.75 Å². The molecule has 0 unspecified atom stereocenters. The van der Waals surface area contributed by atoms with Crippen LogP contribution in [0.1, 0.15) is 55.6 Å². The second-order valence-corrected chi connectivity index (χ2v) is 5.57. The Morgan fingerprint density at radius 1 is 1.28 bits per heavy atom. The Bertz CT molecular complexity index is 375. The number of hydrogen-bond acceptors (Lipinski definition) is 1. The summed E-state index contributed by atoms with van der Waals surface area (Å²) in [6.07, 6.45) is 8.93. The maximum Gasteiger partial charge on any atom is 0.119 e. The predicted octanol–water partition coefficient (Wildman–Crippen LogP) is 4.91. The van der Waals surface area contributed by atoms with Gasteiger partial charge >= 0.3 is 0 Å². The standard InChI is InChI=1S/C16H23ClO/c1-18-15-9-10-16-13(6-3-2-4-11-17)7-5-8-14(16)12-15/h9-10,12-13H,2-8,11H2,1H3/t13-/m0/s1. The summed E-state index contributed by atoms with van der Waals surface area (Å²) in [6, 6.07) is 6.61. The minimum atomic E-state index is 0.759. The second kappa shape index (κ2) is 7.04. The van der Waals surface area contributed by atoms with Crippen LogP contribution in [0.2, 0.25) is 0 Å². The molecule has 1 aliphatic rings. The first kappa shape index (κ1) is 13.7. The molecule has 0 bridgehead atoms. The van der Waals surface area contributed by atoms with E-state index in [1.165, 1.54) is 44.1 Å². The van der Waals surface area contributed by atoms with E-state index in [2.05, 4.69) is 18.2 Å². The molecule has 1 aliphatic carbocycles. The van der Waals surface area contributed by atoms with E-state index in [0.29, 0.717) is 0 Å². The van der Waals surface area contributed by atoms with Gasteiger partial charge in [-0.1, -0.05) is 18.9 Å². The number of benzene rings is 1. The van der Waals surface area contributed by atoms with E-state index in [0.717, 1.165) is 24.0 Å². The molecule has 0 N–H and O–H groups in total. The summed E-state index contributed by atoms with van der Waals surface area (Å²) in [6.45, 7) is 0. The van der Waals surface area contributed by atoms with Crippen LogP contribution in [0.4, 0.5) is 0 Å². The van der Waals surface area contributed by atoms with Gasteiger partial charge < -0.3 is 4.74 Å². The van der Waals surface area contributed by atoms with E-state index < -0.39 is 0 Å². The molecule has 18 heavy (non-hydrogen) atoms. The molecule has 1 aromatic rings. The highest BCUT2D eigenvalue weighted by atomic mass is 35.5. The summed E-state index contributed by atoms with van der Waals surface area (Å²) in [5, 5.41) is 0. The Morgan fingerprint density at radius 2 is 2.17 bits per heavy atom. The lowest BCUT2D eigenvalue weighted by atomic mass is 9.80. The highest BCUT2D eigenvalue weighted by Gasteiger charge is 2.20. The molecule has 0 saturated carbocycles. The number of aryl methyl sites for hydroxylation is 1. The van der Waals surface area contributed by atoms with Crippen LogP contribution in [0, 0.1) is 0 Å². The Morgan fingerprint density at radius 3 is 2.94 bits per heavy atom. The quantitative estimate of drug-likeness (QED) is 0.525. The molecule has 1 aromatic carbocycles. The fraction of sp³-hybridized carbons (Fsp3) is 0.625. The van der Waals surface area contributed by atoms with Crippen molar-refractivity contribution in [2.75, 3.05) is 13.0 Å². The lowest BCUT2D eigenvalue weighted by Gasteiger charge is -2.26. The molecular formula is C16H23ClO. The third kappa shape index (κ3) is 3.41. The van der Waals surface area contributed by atoms with Gasteiger partial charge in [0.05, 0.1) is 7.11 Å². The number of ether oxygens (including phenoxy) is 1. The largest absolute Gasteiger partial charge is 0.497 e. The fourth-order valence-electron chi connectivity index (χ4n) is 2.98. The zero-order valence-electron chi connectivity index (χ0n) is 11.3. The smallest absolute Gasteiger partial charge is 0.119 e. The average Bonchev–Trinajstić information content (AvgIpc) is 2.43. The SMILES string of the molecule is COc1ccc2c(c1)CCC[C@@H]2CCCCCCl. The zero-order valence-corrected chi connectivity index (χ0v) is 12.0. The molecule has 1 atom stereocenters. The minimum absolute atomic E-state index is 0.759. The van der Waals surface area contributed by atoms with Crippen molar-refractivity contribution in [2.45, 2.75) is 50.9 Å². The molecule has 0 aromatic heterocycles. The van der Waals surface area contributed by atoms with Gasteiger partial charge in [0.2, 0.25) is 0 Å². The number of rotatable bonds is 6. The molecule has 0 saturated heterocycles. The van der Waals surface area contributed by atoms with Crippen LogP contribution < -0.4 is 4.74 Å². The highest BCUT2D eigenvalue weighted by Crippen LogP contribution is 2.36. The van der Waals surface area contributed by atoms with Gasteiger partial charge in [0.25, 0.3) is 0 Å². The molecule has 0 aliphatic heterocycles. The van der Waals surface area contributed by atoms with Crippen LogP contribution in [0.25, 0.3) is 0 Å². The number of halogens is 1. The van der Waals surface area contributed by atoms with Crippen molar-refractivity contribution in [2.24, 2.45) is 0 Å². The van der Waals surface area contributed by atoms with E-state index >= 15 is 0 Å². The summed E-state index contributed by atoms with van der Waals surface area (Å²) in [5.41, 5.74) is 3.07. The maximum absolute atomic E-state index is 5.72. The predicted molar refractivity (Wildman–Crippen MR) is 77.9 cm³/mol. The summed E-state index contributed by atoms with van der Waals surface area (Å²) >= 11 is 5.72. The first-order valence-corrected chi connectivity index (χ1v) is 7.61. The van der Waals surface area contributed by atoms with E-state index in [1.54, 1.807) is 12.7 Å². The molecule has 0 amide bonds. The van der Waals surface area contributed by atoms with Gasteiger partial charge in [-0.05, 0) is 61.3 Å². The molecule has 1 nitrogen and oxygen atoms in total. The van der Waals surface area contributed by atoms with Crippen molar-refractivity contribution >= 4 is 11.6 Å². The van der Waals surface area contributed by atoms with Crippen molar-refractivity contribution in [3.63, 3.8) is 0 Å². The minimum Gasteiger partial charge on any atom is -0.497 e. The Labute approximate surface area is 115 Å². The van der Waals surface area contributed by atoms with E-state index in [4.69, 9.17) is 16.3 Å². The Balaban J connectivity index is 1.99. The third-order valence-corrected chi connectivity index (χ3v) is 4.24. The molecular weight excluding hydrogens is 244 g/mol. The van der Waals surface area contributed by atoms with Gasteiger partial charge in [-0.2, -0.15) is 0 Å². The van der Waals surface area contributed by atoms with Crippen LogP contribution >= 0.6 is 11.6 Å². The maximum atomic E-state index is 5.72. The van der Waals surface area contributed by atoms with E-state index in [9.17, 15) is 0 Å².